The molecule has 1 aliphatic rings. The fraction of sp³-hybridized carbons (Fsp3) is 0.562. The van der Waals surface area contributed by atoms with Gasteiger partial charge in [0.25, 0.3) is 0 Å². The molecule has 1 aliphatic heterocycles. The maximum absolute atomic E-state index is 11.7. The van der Waals surface area contributed by atoms with Gasteiger partial charge in [-0.25, -0.2) is 0 Å². The molecule has 0 aliphatic carbocycles. The van der Waals surface area contributed by atoms with E-state index in [1.807, 2.05) is 18.0 Å². The number of isothiocyanates is 1. The molecule has 0 N–H and O–H groups in total. The smallest absolute Gasteiger partial charge is 0.219 e. The zero-order valence-electron chi connectivity index (χ0n) is 13.5. The number of piperidine rings is 1. The maximum atomic E-state index is 11.7. The molecule has 1 fully saturated rings. The summed E-state index contributed by atoms with van der Waals surface area (Å²) in [6, 6.07) is 2.22. The molecular formula is C16H22N4OS. The summed E-state index contributed by atoms with van der Waals surface area (Å²) in [5, 5.41) is 2.42. The minimum atomic E-state index is 0.118. The second kappa shape index (κ2) is 6.99. The molecule has 22 heavy (non-hydrogen) atoms. The van der Waals surface area contributed by atoms with E-state index in [0.717, 1.165) is 24.5 Å². The number of anilines is 1. The molecule has 0 radical (unpaired) electrons. The van der Waals surface area contributed by atoms with Crippen molar-refractivity contribution in [2.24, 2.45) is 16.8 Å². The largest absolute Gasteiger partial charge is 0.369 e. The van der Waals surface area contributed by atoms with Crippen LogP contribution < -0.4 is 4.90 Å². The molecule has 1 aromatic heterocycles. The van der Waals surface area contributed by atoms with Crippen molar-refractivity contribution in [3.8, 4) is 0 Å². The Morgan fingerprint density at radius 3 is 2.64 bits per heavy atom. The monoisotopic (exact) mass is 318 g/mol. The van der Waals surface area contributed by atoms with Crippen LogP contribution in [0.15, 0.2) is 23.5 Å². The third kappa shape index (κ3) is 3.34. The summed E-state index contributed by atoms with van der Waals surface area (Å²) >= 11 is 4.72. The first-order valence-electron chi connectivity index (χ1n) is 7.46. The Bertz CT molecular complexity index is 588. The Morgan fingerprint density at radius 1 is 1.45 bits per heavy atom. The Labute approximate surface area is 137 Å². The fourth-order valence-corrected chi connectivity index (χ4v) is 3.60. The van der Waals surface area contributed by atoms with Crippen LogP contribution in [0.2, 0.25) is 0 Å². The molecule has 0 bridgehead atoms. The van der Waals surface area contributed by atoms with Crippen molar-refractivity contribution < 1.29 is 4.79 Å². The standard InChI is InChI=1S/C16H22N4OS/c1-11-8-20(9-12(2)16(11)19(4)13(3)21)15-5-6-17-7-14(15)18-10-22/h5-7,11-12,16H,8-9H2,1-4H3/t11-,12+,16?. The van der Waals surface area contributed by atoms with Gasteiger partial charge in [-0.3, -0.25) is 9.78 Å². The molecule has 1 unspecified atom stereocenters. The number of rotatable bonds is 3. The number of thiocarbonyl (C=S) groups is 1. The first-order valence-corrected chi connectivity index (χ1v) is 7.86. The first kappa shape index (κ1) is 16.6. The average Bonchev–Trinajstić information content (AvgIpc) is 2.47. The summed E-state index contributed by atoms with van der Waals surface area (Å²) in [6.07, 6.45) is 3.47. The normalized spacial score (nSPS) is 24.5. The SMILES string of the molecule is CC(=O)N(C)C1[C@H](C)CN(c2ccncc2N=C=S)C[C@@H]1C. The first-order chi connectivity index (χ1) is 10.5. The highest BCUT2D eigenvalue weighted by molar-refractivity contribution is 7.78. The molecule has 5 nitrogen and oxygen atoms in total. The van der Waals surface area contributed by atoms with Crippen molar-refractivity contribution in [3.63, 3.8) is 0 Å². The summed E-state index contributed by atoms with van der Waals surface area (Å²) < 4.78 is 0. The Kier molecular flexibility index (Phi) is 5.27. The Morgan fingerprint density at radius 2 is 2.09 bits per heavy atom. The summed E-state index contributed by atoms with van der Waals surface area (Å²) in [6.45, 7) is 7.75. The van der Waals surface area contributed by atoms with Gasteiger partial charge < -0.3 is 9.80 Å². The molecule has 1 amide bonds. The van der Waals surface area contributed by atoms with Crippen molar-refractivity contribution in [1.29, 1.82) is 0 Å². The third-order valence-electron chi connectivity index (χ3n) is 4.41. The quantitative estimate of drug-likeness (QED) is 0.635. The van der Waals surface area contributed by atoms with Gasteiger partial charge in [0.05, 0.1) is 17.0 Å². The molecule has 2 rings (SSSR count). The number of carbonyl (C=O) groups is 1. The van der Waals surface area contributed by atoms with Crippen LogP contribution in [0.4, 0.5) is 11.4 Å². The van der Waals surface area contributed by atoms with E-state index in [1.165, 1.54) is 0 Å². The van der Waals surface area contributed by atoms with Crippen molar-refractivity contribution in [2.45, 2.75) is 26.8 Å². The van der Waals surface area contributed by atoms with E-state index < -0.39 is 0 Å². The third-order valence-corrected chi connectivity index (χ3v) is 4.50. The van der Waals surface area contributed by atoms with Gasteiger partial charge in [-0.2, -0.15) is 4.99 Å². The molecule has 1 saturated heterocycles. The highest BCUT2D eigenvalue weighted by Gasteiger charge is 2.36. The number of nitrogens with zero attached hydrogens (tertiary/aromatic N) is 4. The number of pyridine rings is 1. The summed E-state index contributed by atoms with van der Waals surface area (Å²) in [7, 11) is 1.89. The second-order valence-corrected chi connectivity index (χ2v) is 6.23. The molecule has 0 spiro atoms. The van der Waals surface area contributed by atoms with Crippen LogP contribution in [0.1, 0.15) is 20.8 Å². The van der Waals surface area contributed by atoms with Gasteiger partial charge in [0.2, 0.25) is 5.91 Å². The molecule has 0 aromatic carbocycles. The van der Waals surface area contributed by atoms with E-state index >= 15 is 0 Å². The number of hydrogen-bond donors (Lipinski definition) is 0. The van der Waals surface area contributed by atoms with Crippen molar-refractivity contribution >= 4 is 34.7 Å². The number of aromatic nitrogens is 1. The highest BCUT2D eigenvalue weighted by Crippen LogP contribution is 2.34. The van der Waals surface area contributed by atoms with E-state index in [4.69, 9.17) is 12.2 Å². The molecule has 0 saturated carbocycles. The minimum absolute atomic E-state index is 0.118. The zero-order chi connectivity index (χ0) is 16.3. The molecule has 1 aromatic rings. The van der Waals surface area contributed by atoms with Crippen LogP contribution in [0.5, 0.6) is 0 Å². The van der Waals surface area contributed by atoms with Crippen LogP contribution in [0, 0.1) is 11.8 Å². The van der Waals surface area contributed by atoms with E-state index in [9.17, 15) is 4.79 Å². The van der Waals surface area contributed by atoms with Crippen LogP contribution >= 0.6 is 12.2 Å². The lowest BCUT2D eigenvalue weighted by Gasteiger charge is -2.46. The molecule has 3 atom stereocenters. The summed E-state index contributed by atoms with van der Waals surface area (Å²) in [5.74, 6) is 0.859. The minimum Gasteiger partial charge on any atom is -0.369 e. The van der Waals surface area contributed by atoms with E-state index in [2.05, 4.69) is 33.9 Å². The topological polar surface area (TPSA) is 48.8 Å². The van der Waals surface area contributed by atoms with Gasteiger partial charge in [-0.15, -0.1) is 0 Å². The lowest BCUT2D eigenvalue weighted by molar-refractivity contribution is -0.131. The van der Waals surface area contributed by atoms with Gasteiger partial charge in [0.1, 0.15) is 5.69 Å². The maximum Gasteiger partial charge on any atom is 0.219 e. The molecule has 118 valence electrons. The van der Waals surface area contributed by atoms with Crippen molar-refractivity contribution in [3.05, 3.63) is 18.5 Å². The van der Waals surface area contributed by atoms with Crippen LogP contribution in [-0.2, 0) is 4.79 Å². The van der Waals surface area contributed by atoms with Crippen LogP contribution in [-0.4, -0.2) is 47.1 Å². The lowest BCUT2D eigenvalue weighted by atomic mass is 9.84. The Hall–Kier alpha value is -1.78. The van der Waals surface area contributed by atoms with Crippen LogP contribution in [0.3, 0.4) is 0 Å². The highest BCUT2D eigenvalue weighted by atomic mass is 32.1. The van der Waals surface area contributed by atoms with Crippen LogP contribution in [0.25, 0.3) is 0 Å². The summed E-state index contributed by atoms with van der Waals surface area (Å²) in [4.78, 5) is 24.1. The van der Waals surface area contributed by atoms with E-state index in [0.29, 0.717) is 11.8 Å². The number of amides is 1. The van der Waals surface area contributed by atoms with Gasteiger partial charge in [-0.1, -0.05) is 13.8 Å². The summed E-state index contributed by atoms with van der Waals surface area (Å²) in [5.41, 5.74) is 1.77. The van der Waals surface area contributed by atoms with Gasteiger partial charge in [-0.05, 0) is 30.1 Å². The molecular weight excluding hydrogens is 296 g/mol. The Balaban J connectivity index is 2.25. The average molecular weight is 318 g/mol. The molecule has 2 heterocycles. The van der Waals surface area contributed by atoms with E-state index in [1.54, 1.807) is 19.3 Å². The number of aliphatic imine (C=N–C) groups is 1. The predicted octanol–water partition coefficient (Wildman–Crippen LogP) is 2.76. The van der Waals surface area contributed by atoms with Gasteiger partial charge in [0, 0.05) is 39.3 Å². The second-order valence-electron chi connectivity index (χ2n) is 6.05. The number of hydrogen-bond acceptors (Lipinski definition) is 5. The van der Waals surface area contributed by atoms with Crippen molar-refractivity contribution in [1.82, 2.24) is 9.88 Å². The number of carbonyl (C=O) groups excluding carboxylic acids is 1. The molecule has 6 heteroatoms. The predicted molar refractivity (Wildman–Crippen MR) is 91.7 cm³/mol. The van der Waals surface area contributed by atoms with Gasteiger partial charge >= 0.3 is 0 Å². The lowest BCUT2D eigenvalue weighted by Crippen LogP contribution is -2.55. The van der Waals surface area contributed by atoms with Gasteiger partial charge in [0.15, 0.2) is 0 Å². The van der Waals surface area contributed by atoms with E-state index in [-0.39, 0.29) is 11.9 Å². The fourth-order valence-electron chi connectivity index (χ4n) is 3.50. The van der Waals surface area contributed by atoms with Crippen molar-refractivity contribution in [2.75, 3.05) is 25.0 Å². The zero-order valence-corrected chi connectivity index (χ0v) is 14.3.